The van der Waals surface area contributed by atoms with Crippen molar-refractivity contribution in [2.45, 2.75) is 38.6 Å². The molecule has 0 radical (unpaired) electrons. The normalized spacial score (nSPS) is 17.8. The predicted molar refractivity (Wildman–Crippen MR) is 65.1 cm³/mol. The van der Waals surface area contributed by atoms with Gasteiger partial charge in [-0.2, -0.15) is 0 Å². The van der Waals surface area contributed by atoms with Crippen molar-refractivity contribution in [3.05, 3.63) is 29.6 Å². The maximum Gasteiger partial charge on any atom is 0.144 e. The number of hydrogen-bond donors (Lipinski definition) is 2. The molecule has 1 aromatic heterocycles. The quantitative estimate of drug-likeness (QED) is 0.342. The third kappa shape index (κ3) is 2.58. The van der Waals surface area contributed by atoms with E-state index in [1.54, 1.807) is 0 Å². The zero-order chi connectivity index (χ0) is 11.4. The molecule has 0 atom stereocenters. The zero-order valence-electron chi connectivity index (χ0n) is 9.61. The first-order valence-corrected chi connectivity index (χ1v) is 5.77. The highest BCUT2D eigenvalue weighted by atomic mass is 15.3. The van der Waals surface area contributed by atoms with E-state index in [1.165, 1.54) is 25.7 Å². The van der Waals surface area contributed by atoms with Gasteiger partial charge in [0, 0.05) is 17.5 Å². The fourth-order valence-electron chi connectivity index (χ4n) is 2.02. The highest BCUT2D eigenvalue weighted by molar-refractivity contribution is 5.98. The summed E-state index contributed by atoms with van der Waals surface area (Å²) in [6.07, 6.45) is 6.70. The van der Waals surface area contributed by atoms with Crippen LogP contribution in [0.4, 0.5) is 0 Å². The van der Waals surface area contributed by atoms with Crippen LogP contribution in [0.5, 0.6) is 0 Å². The number of aromatic nitrogens is 1. The van der Waals surface area contributed by atoms with E-state index < -0.39 is 0 Å². The number of rotatable bonds is 2. The van der Waals surface area contributed by atoms with Crippen LogP contribution in [0.1, 0.15) is 36.9 Å². The van der Waals surface area contributed by atoms with Gasteiger partial charge in [0.05, 0.1) is 6.04 Å². The molecule has 1 aromatic rings. The molecule has 1 aliphatic carbocycles. The van der Waals surface area contributed by atoms with Gasteiger partial charge in [0.2, 0.25) is 0 Å². The van der Waals surface area contributed by atoms with Crippen molar-refractivity contribution in [1.82, 2.24) is 10.4 Å². The van der Waals surface area contributed by atoms with E-state index in [1.807, 2.05) is 25.3 Å². The Hall–Kier alpha value is -1.42. The number of hydrogen-bond acceptors (Lipinski definition) is 3. The van der Waals surface area contributed by atoms with Crippen LogP contribution in [0.25, 0.3) is 0 Å². The van der Waals surface area contributed by atoms with Crippen molar-refractivity contribution >= 4 is 5.84 Å². The first-order chi connectivity index (χ1) is 7.79. The average molecular weight is 218 g/mol. The fraction of sp³-hybridized carbons (Fsp3) is 0.500. The van der Waals surface area contributed by atoms with Gasteiger partial charge in [-0.25, -0.2) is 5.84 Å². The molecule has 0 bridgehead atoms. The lowest BCUT2D eigenvalue weighted by molar-refractivity contribution is 0.700. The van der Waals surface area contributed by atoms with E-state index in [-0.39, 0.29) is 0 Å². The van der Waals surface area contributed by atoms with Crippen molar-refractivity contribution < 1.29 is 0 Å². The minimum absolute atomic E-state index is 0.423. The van der Waals surface area contributed by atoms with E-state index in [9.17, 15) is 0 Å². The topological polar surface area (TPSA) is 63.3 Å². The average Bonchev–Trinajstić information content (AvgIpc) is 2.80. The Balaban J connectivity index is 2.17. The van der Waals surface area contributed by atoms with Crippen LogP contribution in [0, 0.1) is 6.92 Å². The molecule has 3 N–H and O–H groups in total. The van der Waals surface area contributed by atoms with Gasteiger partial charge in [0.15, 0.2) is 0 Å². The molecule has 4 heteroatoms. The Morgan fingerprint density at radius 2 is 2.19 bits per heavy atom. The van der Waals surface area contributed by atoms with Crippen molar-refractivity contribution in [2.24, 2.45) is 10.8 Å². The number of hydrazine groups is 1. The summed E-state index contributed by atoms with van der Waals surface area (Å²) in [4.78, 5) is 8.88. The van der Waals surface area contributed by atoms with Crippen LogP contribution in [-0.2, 0) is 0 Å². The second-order valence-corrected chi connectivity index (χ2v) is 4.25. The number of aliphatic imine (C=N–C) groups is 1. The third-order valence-corrected chi connectivity index (χ3v) is 2.96. The molecule has 0 amide bonds. The number of pyridine rings is 1. The van der Waals surface area contributed by atoms with Gasteiger partial charge in [0.1, 0.15) is 5.84 Å². The summed E-state index contributed by atoms with van der Waals surface area (Å²) in [7, 11) is 0. The summed E-state index contributed by atoms with van der Waals surface area (Å²) in [5.41, 5.74) is 4.63. The molecule has 0 spiro atoms. The Bertz CT molecular complexity index is 363. The van der Waals surface area contributed by atoms with E-state index in [2.05, 4.69) is 15.4 Å². The molecular formula is C12H18N4. The van der Waals surface area contributed by atoms with Crippen molar-refractivity contribution in [2.75, 3.05) is 0 Å². The standard InChI is InChI=1S/C12H18N4/c1-9-6-7-10(8-14-9)12(16-13)15-11-4-2-3-5-11/h6-8,11H,2-5,13H2,1H3,(H,15,16). The summed E-state index contributed by atoms with van der Waals surface area (Å²) in [6.45, 7) is 1.97. The Labute approximate surface area is 96.0 Å². The maximum absolute atomic E-state index is 5.51. The van der Waals surface area contributed by atoms with Gasteiger partial charge in [-0.3, -0.25) is 9.98 Å². The first-order valence-electron chi connectivity index (χ1n) is 5.77. The number of nitrogens with two attached hydrogens (primary N) is 1. The van der Waals surface area contributed by atoms with Gasteiger partial charge >= 0.3 is 0 Å². The lowest BCUT2D eigenvalue weighted by atomic mass is 10.2. The van der Waals surface area contributed by atoms with Gasteiger partial charge in [-0.05, 0) is 31.9 Å². The molecule has 1 fully saturated rings. The molecule has 1 aliphatic rings. The molecule has 1 saturated carbocycles. The molecule has 0 aliphatic heterocycles. The summed E-state index contributed by atoms with van der Waals surface area (Å²) < 4.78 is 0. The lowest BCUT2D eigenvalue weighted by Gasteiger charge is -2.09. The van der Waals surface area contributed by atoms with Crippen LogP contribution < -0.4 is 11.3 Å². The van der Waals surface area contributed by atoms with Crippen LogP contribution in [0.15, 0.2) is 23.3 Å². The minimum atomic E-state index is 0.423. The molecule has 1 heterocycles. The number of amidine groups is 1. The monoisotopic (exact) mass is 218 g/mol. The Kier molecular flexibility index (Phi) is 3.51. The summed E-state index contributed by atoms with van der Waals surface area (Å²) in [6, 6.07) is 4.39. The molecule has 0 saturated heterocycles. The Morgan fingerprint density at radius 1 is 1.44 bits per heavy atom. The summed E-state index contributed by atoms with van der Waals surface area (Å²) >= 11 is 0. The smallest absolute Gasteiger partial charge is 0.144 e. The van der Waals surface area contributed by atoms with Gasteiger partial charge in [0.25, 0.3) is 0 Å². The highest BCUT2D eigenvalue weighted by Gasteiger charge is 2.15. The van der Waals surface area contributed by atoms with Crippen LogP contribution in [0.3, 0.4) is 0 Å². The number of nitrogens with zero attached hydrogens (tertiary/aromatic N) is 2. The number of aryl methyl sites for hydroxylation is 1. The van der Waals surface area contributed by atoms with Crippen molar-refractivity contribution in [1.29, 1.82) is 0 Å². The molecule has 0 aromatic carbocycles. The van der Waals surface area contributed by atoms with E-state index >= 15 is 0 Å². The maximum atomic E-state index is 5.51. The van der Waals surface area contributed by atoms with Gasteiger partial charge < -0.3 is 5.43 Å². The summed E-state index contributed by atoms with van der Waals surface area (Å²) in [5, 5.41) is 0. The fourth-order valence-corrected chi connectivity index (χ4v) is 2.02. The molecular weight excluding hydrogens is 200 g/mol. The second kappa shape index (κ2) is 5.07. The lowest BCUT2D eigenvalue weighted by Crippen LogP contribution is -2.32. The van der Waals surface area contributed by atoms with Crippen LogP contribution in [0.2, 0.25) is 0 Å². The minimum Gasteiger partial charge on any atom is -0.308 e. The van der Waals surface area contributed by atoms with Crippen molar-refractivity contribution in [3.63, 3.8) is 0 Å². The molecule has 0 unspecified atom stereocenters. The SMILES string of the molecule is Cc1ccc(C(=NC2CCCC2)NN)cn1. The Morgan fingerprint density at radius 3 is 2.75 bits per heavy atom. The van der Waals surface area contributed by atoms with E-state index in [0.29, 0.717) is 6.04 Å². The zero-order valence-corrected chi connectivity index (χ0v) is 9.61. The van der Waals surface area contributed by atoms with E-state index in [0.717, 1.165) is 17.1 Å². The van der Waals surface area contributed by atoms with Gasteiger partial charge in [-0.1, -0.05) is 12.8 Å². The summed E-state index contributed by atoms with van der Waals surface area (Å²) in [5.74, 6) is 6.26. The first kappa shape index (κ1) is 11.1. The molecule has 86 valence electrons. The van der Waals surface area contributed by atoms with Crippen LogP contribution in [-0.4, -0.2) is 16.9 Å². The largest absolute Gasteiger partial charge is 0.308 e. The highest BCUT2D eigenvalue weighted by Crippen LogP contribution is 2.21. The van der Waals surface area contributed by atoms with Crippen molar-refractivity contribution in [3.8, 4) is 0 Å². The van der Waals surface area contributed by atoms with Gasteiger partial charge in [-0.15, -0.1) is 0 Å². The third-order valence-electron chi connectivity index (χ3n) is 2.96. The molecule has 2 rings (SSSR count). The number of nitrogens with one attached hydrogen (secondary N) is 1. The van der Waals surface area contributed by atoms with Crippen LogP contribution >= 0.6 is 0 Å². The molecule has 16 heavy (non-hydrogen) atoms. The van der Waals surface area contributed by atoms with E-state index in [4.69, 9.17) is 5.84 Å². The predicted octanol–water partition coefficient (Wildman–Crippen LogP) is 1.54. The molecule has 4 nitrogen and oxygen atoms in total. The second-order valence-electron chi connectivity index (χ2n) is 4.25.